The van der Waals surface area contributed by atoms with Crippen molar-refractivity contribution in [3.05, 3.63) is 22.8 Å². The molecule has 0 aliphatic heterocycles. The van der Waals surface area contributed by atoms with Gasteiger partial charge in [-0.2, -0.15) is 0 Å². The second-order valence-electron chi connectivity index (χ2n) is 3.36. The molecule has 0 saturated carbocycles. The molecule has 0 heterocycles. The fraction of sp³-hybridized carbons (Fsp3) is 0.667. The number of rotatable bonds is 4. The maximum Gasteiger partial charge on any atom is -0.0308 e. The van der Waals surface area contributed by atoms with E-state index in [1.54, 1.807) is 0 Å². The normalized spacial score (nSPS) is 14.6. The molecule has 0 fully saturated rings. The van der Waals surface area contributed by atoms with E-state index in [4.69, 9.17) is 0 Å². The van der Waals surface area contributed by atoms with Gasteiger partial charge in [0.15, 0.2) is 0 Å². The minimum atomic E-state index is 1.16. The molecule has 0 atom stereocenters. The Kier molecular flexibility index (Phi) is 5.79. The van der Waals surface area contributed by atoms with E-state index in [2.05, 4.69) is 40.7 Å². The van der Waals surface area contributed by atoms with Gasteiger partial charge in [-0.15, -0.1) is 0 Å². The second kappa shape index (κ2) is 6.05. The highest BCUT2D eigenvalue weighted by molar-refractivity contribution is 5.27. The Bertz CT molecular complexity index is 182. The molecule has 0 amide bonds. The van der Waals surface area contributed by atoms with Gasteiger partial charge in [0, 0.05) is 0 Å². The first-order valence-electron chi connectivity index (χ1n) is 5.01. The summed E-state index contributed by atoms with van der Waals surface area (Å²) in [5.74, 6) is 0. The first-order valence-corrected chi connectivity index (χ1v) is 5.01. The number of allylic oxidation sites excluding steroid dienone is 4. The van der Waals surface area contributed by atoms with Crippen molar-refractivity contribution < 1.29 is 0 Å². The van der Waals surface area contributed by atoms with Gasteiger partial charge in [0.25, 0.3) is 0 Å². The Morgan fingerprint density at radius 1 is 0.917 bits per heavy atom. The highest BCUT2D eigenvalue weighted by atomic mass is 14.0. The molecule has 0 rings (SSSR count). The highest BCUT2D eigenvalue weighted by Gasteiger charge is 1.95. The Labute approximate surface area is 77.4 Å². The minimum Gasteiger partial charge on any atom is -0.0733 e. The predicted molar refractivity (Wildman–Crippen MR) is 57.3 cm³/mol. The summed E-state index contributed by atoms with van der Waals surface area (Å²) in [6.45, 7) is 11.1. The van der Waals surface area contributed by atoms with Crippen molar-refractivity contribution in [3.8, 4) is 0 Å². The quantitative estimate of drug-likeness (QED) is 0.540. The van der Waals surface area contributed by atoms with Gasteiger partial charge in [0.2, 0.25) is 0 Å². The third-order valence-electron chi connectivity index (χ3n) is 2.44. The third kappa shape index (κ3) is 3.75. The Balaban J connectivity index is 4.57. The molecule has 0 aromatic heterocycles. The van der Waals surface area contributed by atoms with Crippen molar-refractivity contribution in [2.75, 3.05) is 0 Å². The summed E-state index contributed by atoms with van der Waals surface area (Å²) >= 11 is 0. The van der Waals surface area contributed by atoms with Gasteiger partial charge in [0.1, 0.15) is 0 Å². The summed E-state index contributed by atoms with van der Waals surface area (Å²) in [6, 6.07) is 0. The van der Waals surface area contributed by atoms with E-state index < -0.39 is 0 Å². The van der Waals surface area contributed by atoms with Crippen LogP contribution in [0.15, 0.2) is 22.8 Å². The van der Waals surface area contributed by atoms with Crippen LogP contribution < -0.4 is 0 Å². The van der Waals surface area contributed by atoms with Crippen LogP contribution in [-0.4, -0.2) is 0 Å². The van der Waals surface area contributed by atoms with Gasteiger partial charge in [-0.05, 0) is 38.7 Å². The van der Waals surface area contributed by atoms with Crippen molar-refractivity contribution in [1.82, 2.24) is 0 Å². The molecule has 0 aliphatic carbocycles. The zero-order valence-corrected chi connectivity index (χ0v) is 9.20. The van der Waals surface area contributed by atoms with Gasteiger partial charge < -0.3 is 0 Å². The lowest BCUT2D eigenvalue weighted by Gasteiger charge is -2.05. The van der Waals surface area contributed by atoms with E-state index >= 15 is 0 Å². The molecule has 0 unspecified atom stereocenters. The van der Waals surface area contributed by atoms with Gasteiger partial charge in [0.05, 0.1) is 0 Å². The monoisotopic (exact) mass is 166 g/mol. The van der Waals surface area contributed by atoms with E-state index in [0.717, 1.165) is 6.42 Å². The van der Waals surface area contributed by atoms with Crippen LogP contribution in [0.4, 0.5) is 0 Å². The summed E-state index contributed by atoms with van der Waals surface area (Å²) in [4.78, 5) is 0. The van der Waals surface area contributed by atoms with E-state index in [9.17, 15) is 0 Å². The summed E-state index contributed by atoms with van der Waals surface area (Å²) < 4.78 is 0. The summed E-state index contributed by atoms with van der Waals surface area (Å²) in [5.41, 5.74) is 4.54. The van der Waals surface area contributed by atoms with Crippen LogP contribution in [0.3, 0.4) is 0 Å². The van der Waals surface area contributed by atoms with E-state index in [1.807, 2.05) is 0 Å². The van der Waals surface area contributed by atoms with Crippen LogP contribution in [0, 0.1) is 0 Å². The smallest absolute Gasteiger partial charge is 0.0308 e. The lowest BCUT2D eigenvalue weighted by Crippen LogP contribution is -1.84. The van der Waals surface area contributed by atoms with E-state index in [0.29, 0.717) is 0 Å². The zero-order chi connectivity index (χ0) is 9.56. The third-order valence-corrected chi connectivity index (χ3v) is 2.44. The summed E-state index contributed by atoms with van der Waals surface area (Å²) in [6.07, 6.45) is 5.85. The van der Waals surface area contributed by atoms with Crippen molar-refractivity contribution in [2.24, 2.45) is 0 Å². The molecule has 0 aromatic carbocycles. The van der Waals surface area contributed by atoms with Crippen molar-refractivity contribution >= 4 is 0 Å². The lowest BCUT2D eigenvalue weighted by molar-refractivity contribution is 0.999. The number of hydrogen-bond acceptors (Lipinski definition) is 0. The Morgan fingerprint density at radius 3 is 1.83 bits per heavy atom. The standard InChI is InChI=1S/C12H22/c1-6-10(4)9-12(8-3)11(5)7-2/h9H,6-8H2,1-5H3/b10-9+,12-11+. The average molecular weight is 166 g/mol. The molecule has 0 aliphatic rings. The second-order valence-corrected chi connectivity index (χ2v) is 3.36. The summed E-state index contributed by atoms with van der Waals surface area (Å²) in [7, 11) is 0. The van der Waals surface area contributed by atoms with Crippen LogP contribution in [-0.2, 0) is 0 Å². The number of hydrogen-bond donors (Lipinski definition) is 0. The molecule has 0 bridgehead atoms. The molecule has 0 N–H and O–H groups in total. The molecular weight excluding hydrogens is 144 g/mol. The lowest BCUT2D eigenvalue weighted by atomic mass is 10.0. The van der Waals surface area contributed by atoms with Crippen molar-refractivity contribution in [1.29, 1.82) is 0 Å². The molecule has 0 saturated heterocycles. The first kappa shape index (κ1) is 11.5. The maximum atomic E-state index is 2.35. The fourth-order valence-corrected chi connectivity index (χ4v) is 1.15. The first-order chi connectivity index (χ1) is 5.65. The molecule has 0 spiro atoms. The molecular formula is C12H22. The van der Waals surface area contributed by atoms with Gasteiger partial charge in [-0.3, -0.25) is 0 Å². The van der Waals surface area contributed by atoms with Gasteiger partial charge in [-0.25, -0.2) is 0 Å². The largest absolute Gasteiger partial charge is 0.0733 e. The van der Waals surface area contributed by atoms with Crippen LogP contribution in [0.5, 0.6) is 0 Å². The van der Waals surface area contributed by atoms with Gasteiger partial charge in [-0.1, -0.05) is 38.0 Å². The van der Waals surface area contributed by atoms with Crippen molar-refractivity contribution in [3.63, 3.8) is 0 Å². The molecule has 0 nitrogen and oxygen atoms in total. The minimum absolute atomic E-state index is 1.16. The molecule has 12 heavy (non-hydrogen) atoms. The molecule has 70 valence electrons. The van der Waals surface area contributed by atoms with Crippen LogP contribution in [0.25, 0.3) is 0 Å². The Morgan fingerprint density at radius 2 is 1.50 bits per heavy atom. The average Bonchev–Trinajstić information content (AvgIpc) is 2.12. The van der Waals surface area contributed by atoms with Crippen molar-refractivity contribution in [2.45, 2.75) is 53.9 Å². The predicted octanol–water partition coefficient (Wildman–Crippen LogP) is 4.48. The molecule has 0 aromatic rings. The SMILES string of the molecule is CC/C(C)=C/C(CC)=C(\C)CC. The maximum absolute atomic E-state index is 2.35. The molecule has 0 radical (unpaired) electrons. The van der Waals surface area contributed by atoms with Gasteiger partial charge >= 0.3 is 0 Å². The molecule has 0 heteroatoms. The van der Waals surface area contributed by atoms with E-state index in [-0.39, 0.29) is 0 Å². The fourth-order valence-electron chi connectivity index (χ4n) is 1.15. The van der Waals surface area contributed by atoms with E-state index in [1.165, 1.54) is 29.6 Å². The van der Waals surface area contributed by atoms with Crippen LogP contribution in [0.1, 0.15) is 53.9 Å². The summed E-state index contributed by atoms with van der Waals surface area (Å²) in [5, 5.41) is 0. The topological polar surface area (TPSA) is 0 Å². The van der Waals surface area contributed by atoms with Crippen LogP contribution in [0.2, 0.25) is 0 Å². The zero-order valence-electron chi connectivity index (χ0n) is 9.20. The Hall–Kier alpha value is -0.520. The van der Waals surface area contributed by atoms with Crippen LogP contribution >= 0.6 is 0 Å². The highest BCUT2D eigenvalue weighted by Crippen LogP contribution is 2.15.